The van der Waals surface area contributed by atoms with E-state index in [1.54, 1.807) is 48.6 Å². The first-order chi connectivity index (χ1) is 55.3. The summed E-state index contributed by atoms with van der Waals surface area (Å²) in [5.74, 6) is -2.49. The van der Waals surface area contributed by atoms with Gasteiger partial charge in [0.2, 0.25) is 0 Å². The molecule has 0 radical (unpaired) electrons. The molecule has 16 aromatic carbocycles. The first kappa shape index (κ1) is 68.1. The Labute approximate surface area is 649 Å². The van der Waals surface area contributed by atoms with E-state index >= 15 is 26.3 Å². The molecule has 0 aliphatic heterocycles. The van der Waals surface area contributed by atoms with Crippen LogP contribution >= 0.6 is 0 Å². The zero-order valence-electron chi connectivity index (χ0n) is 60.5. The minimum absolute atomic E-state index is 0.329. The number of halogens is 6. The minimum Gasteiger partial charge on any atom is -0.457 e. The Morgan fingerprint density at radius 2 is 0.496 bits per heavy atom. The smallest absolute Gasteiger partial charge is 0.160 e. The Morgan fingerprint density at radius 1 is 0.221 bits per heavy atom. The number of nitrogens with zero attached hydrogens (tertiary/aromatic N) is 2. The monoisotopic (exact) mass is 1470 g/mol. The van der Waals surface area contributed by atoms with Gasteiger partial charge in [-0.15, -0.1) is 0 Å². The van der Waals surface area contributed by atoms with Crippen LogP contribution in [-0.2, 0) is 16.2 Å². The molecule has 113 heavy (non-hydrogen) atoms. The van der Waals surface area contributed by atoms with Crippen LogP contribution in [0.3, 0.4) is 0 Å². The van der Waals surface area contributed by atoms with Gasteiger partial charge in [0.25, 0.3) is 0 Å². The number of hydrogen-bond acceptors (Lipinski definition) is 4. The van der Waals surface area contributed by atoms with Crippen molar-refractivity contribution in [1.82, 2.24) is 0 Å². The number of hydrogen-bond donors (Lipinski definition) is 0. The number of fused-ring (bicyclic) bond motifs is 16. The first-order valence-corrected chi connectivity index (χ1v) is 37.4. The summed E-state index contributed by atoms with van der Waals surface area (Å²) in [7, 11) is 0. The number of benzene rings is 16. The van der Waals surface area contributed by atoms with Crippen LogP contribution in [0.1, 0.15) is 77.9 Å². The molecule has 0 heterocycles. The quantitative estimate of drug-likeness (QED) is 0.0900. The Morgan fingerprint density at radius 3 is 0.805 bits per heavy atom. The molecule has 4 aliphatic rings. The largest absolute Gasteiger partial charge is 0.457 e. The lowest BCUT2D eigenvalue weighted by atomic mass is 9.67. The zero-order chi connectivity index (χ0) is 76.4. The van der Waals surface area contributed by atoms with Gasteiger partial charge in [0.15, 0.2) is 23.3 Å². The average molecular weight is 1480 g/mol. The van der Waals surface area contributed by atoms with Crippen LogP contribution in [0.2, 0.25) is 0 Å². The summed E-state index contributed by atoms with van der Waals surface area (Å²) in [5, 5.41) is 0. The molecule has 16 aromatic rings. The summed E-state index contributed by atoms with van der Waals surface area (Å²) in [6, 6.07) is 110. The molecule has 1 spiro atoms. The number of ether oxygens (including phenoxy) is 2. The maximum atomic E-state index is 16.5. The van der Waals surface area contributed by atoms with Gasteiger partial charge in [0, 0.05) is 46.3 Å². The Hall–Kier alpha value is -14.2. The molecule has 0 amide bonds. The SMILES string of the molecule is C=Cc1ccc(Oc2ccc(C3(c4cccc(F)c4)c4ccccc4-c4ccc(N(c5ccc(F)c(F)c5)c5ccc6c(c5)C5(c7ccccc7-6)c6ccccc6-c6ccc(N(c7ccc(F)c(F)c7)c7ccc8c(c7)C(c7ccc(Oc9ccc(C=C)cc9)cc7)(c7cccc(F)c7)c7ccccc7-8)cc65)cc43)cc2)cc1. The van der Waals surface area contributed by atoms with Gasteiger partial charge in [0.05, 0.1) is 16.2 Å². The van der Waals surface area contributed by atoms with E-state index in [4.69, 9.17) is 9.47 Å². The standard InChI is InChI=1S/C103H64F6N2O2/c1-3-63-27-41-77(42-28-63)112-79-45-31-65(32-46-79)101(67-15-13-17-69(104)55-67)89-23-9-5-19-81(89)85-49-35-71(57-93(85)101)110(75-39-53-97(106)99(108)61-75)73-37-51-87-83-21-7-11-25-91(83)103(95(87)59-73)92-26-12-8-22-84(92)88-52-38-74(60-96(88)103)111(76-40-54-98(107)100(109)62-76)72-36-50-86-82-20-6-10-24-90(82)102(94(86)58-72,68-16-14-18-70(105)56-68)66-33-47-80(48-34-66)113-78-43-29-64(4-2)30-44-78/h3-62H,1-2H2. The van der Waals surface area contributed by atoms with Crippen LogP contribution < -0.4 is 19.3 Å². The van der Waals surface area contributed by atoms with Crippen LogP contribution in [0.25, 0.3) is 56.7 Å². The topological polar surface area (TPSA) is 24.9 Å². The highest BCUT2D eigenvalue weighted by molar-refractivity contribution is 5.99. The molecule has 2 unspecified atom stereocenters. The van der Waals surface area contributed by atoms with Gasteiger partial charge in [-0.05, 0) is 268 Å². The molecule has 0 aromatic heterocycles. The molecule has 0 saturated heterocycles. The van der Waals surface area contributed by atoms with Crippen molar-refractivity contribution in [1.29, 1.82) is 0 Å². The minimum atomic E-state index is -1.14. The second-order valence-electron chi connectivity index (χ2n) is 29.0. The fourth-order valence-corrected chi connectivity index (χ4v) is 18.5. The lowest BCUT2D eigenvalue weighted by molar-refractivity contribution is 0.482. The molecule has 4 nitrogen and oxygen atoms in total. The second kappa shape index (κ2) is 26.5. The highest BCUT2D eigenvalue weighted by atomic mass is 19.2. The van der Waals surface area contributed by atoms with Crippen molar-refractivity contribution >= 4 is 46.3 Å². The molecular weight excluding hydrogens is 1410 g/mol. The van der Waals surface area contributed by atoms with Gasteiger partial charge < -0.3 is 19.3 Å². The van der Waals surface area contributed by atoms with Crippen molar-refractivity contribution in [2.24, 2.45) is 0 Å². The summed E-state index contributed by atoms with van der Waals surface area (Å²) < 4.78 is 110. The second-order valence-corrected chi connectivity index (χ2v) is 29.0. The molecule has 0 N–H and O–H groups in total. The first-order valence-electron chi connectivity index (χ1n) is 37.4. The third-order valence-electron chi connectivity index (χ3n) is 23.3. The van der Waals surface area contributed by atoms with Crippen molar-refractivity contribution in [2.75, 3.05) is 9.80 Å². The Bertz CT molecular complexity index is 6200. The van der Waals surface area contributed by atoms with E-state index in [0.717, 1.165) is 123 Å². The van der Waals surface area contributed by atoms with E-state index in [9.17, 15) is 0 Å². The molecule has 0 bridgehead atoms. The zero-order valence-corrected chi connectivity index (χ0v) is 60.5. The van der Waals surface area contributed by atoms with E-state index in [-0.39, 0.29) is 0 Å². The van der Waals surface area contributed by atoms with Crippen molar-refractivity contribution < 1.29 is 35.8 Å². The molecule has 540 valence electrons. The van der Waals surface area contributed by atoms with E-state index in [1.165, 1.54) is 24.3 Å². The summed E-state index contributed by atoms with van der Waals surface area (Å²) >= 11 is 0. The van der Waals surface area contributed by atoms with Gasteiger partial charge in [-0.2, -0.15) is 0 Å². The molecule has 4 aliphatic carbocycles. The molecular formula is C103H64F6N2O2. The van der Waals surface area contributed by atoms with Gasteiger partial charge >= 0.3 is 0 Å². The highest BCUT2D eigenvalue weighted by Crippen LogP contribution is 2.66. The molecule has 20 rings (SSSR count). The van der Waals surface area contributed by atoms with E-state index in [1.807, 2.05) is 192 Å². The van der Waals surface area contributed by atoms with Crippen LogP contribution in [0, 0.1) is 34.9 Å². The van der Waals surface area contributed by atoms with E-state index in [0.29, 0.717) is 68.2 Å². The summed E-state index contributed by atoms with van der Waals surface area (Å²) in [6.07, 6.45) is 3.55. The predicted octanol–water partition coefficient (Wildman–Crippen LogP) is 27.4. The fourth-order valence-electron chi connectivity index (χ4n) is 18.5. The predicted molar refractivity (Wildman–Crippen MR) is 440 cm³/mol. The van der Waals surface area contributed by atoms with Crippen molar-refractivity contribution in [3.05, 3.63) is 478 Å². The van der Waals surface area contributed by atoms with E-state index < -0.39 is 51.1 Å². The van der Waals surface area contributed by atoms with Gasteiger partial charge in [0.1, 0.15) is 34.6 Å². The third-order valence-corrected chi connectivity index (χ3v) is 23.3. The fraction of sp³-hybridized carbons (Fsp3) is 0.0291. The van der Waals surface area contributed by atoms with E-state index in [2.05, 4.69) is 110 Å². The van der Waals surface area contributed by atoms with Gasteiger partial charge in [-0.25, -0.2) is 26.3 Å². The maximum Gasteiger partial charge on any atom is 0.160 e. The summed E-state index contributed by atoms with van der Waals surface area (Å²) in [6.45, 7) is 7.80. The maximum absolute atomic E-state index is 16.5. The Kier molecular flexibility index (Phi) is 16.0. The van der Waals surface area contributed by atoms with Crippen molar-refractivity contribution in [3.63, 3.8) is 0 Å². The molecule has 0 fully saturated rings. The van der Waals surface area contributed by atoms with Gasteiger partial charge in [-0.1, -0.05) is 219 Å². The highest BCUT2D eigenvalue weighted by Gasteiger charge is 2.53. The van der Waals surface area contributed by atoms with Crippen molar-refractivity contribution in [3.8, 4) is 67.5 Å². The van der Waals surface area contributed by atoms with Crippen LogP contribution in [0.4, 0.5) is 60.5 Å². The van der Waals surface area contributed by atoms with Gasteiger partial charge in [-0.3, -0.25) is 0 Å². The normalized spacial score (nSPS) is 16.1. The molecule has 2 atom stereocenters. The molecule has 0 saturated carbocycles. The van der Waals surface area contributed by atoms with Crippen LogP contribution in [-0.4, -0.2) is 0 Å². The van der Waals surface area contributed by atoms with Crippen LogP contribution in [0.5, 0.6) is 23.0 Å². The van der Waals surface area contributed by atoms with Crippen LogP contribution in [0.15, 0.2) is 365 Å². The lowest BCUT2D eigenvalue weighted by Gasteiger charge is -2.35. The summed E-state index contributed by atoms with van der Waals surface area (Å²) in [4.78, 5) is 3.91. The number of rotatable bonds is 16. The lowest BCUT2D eigenvalue weighted by Crippen LogP contribution is -2.29. The molecule has 10 heteroatoms. The third kappa shape index (κ3) is 10.5. The Balaban J connectivity index is 0.773. The van der Waals surface area contributed by atoms with Crippen molar-refractivity contribution in [2.45, 2.75) is 16.2 Å². The number of anilines is 6. The summed E-state index contributed by atoms with van der Waals surface area (Å²) in [5.41, 5.74) is 19.4. The average Bonchev–Trinajstić information content (AvgIpc) is 1.50.